The third-order valence-corrected chi connectivity index (χ3v) is 3.73. The molecule has 1 aromatic heterocycles. The van der Waals surface area contributed by atoms with Crippen LogP contribution in [0.3, 0.4) is 0 Å². The van der Waals surface area contributed by atoms with Crippen LogP contribution in [0.2, 0.25) is 0 Å². The zero-order valence-corrected chi connectivity index (χ0v) is 12.3. The summed E-state index contributed by atoms with van der Waals surface area (Å²) >= 11 is 0. The standard InChI is InChI=1S/C16H22N2O3/c1-2-11(16(19)20)6-8-21-13-3-4-15-14(9-13)12(5-7-17)10-18-15/h3-4,9-11,18H,2,5-8,17H2,1H3,(H,19,20). The Labute approximate surface area is 124 Å². The molecule has 0 spiro atoms. The van der Waals surface area contributed by atoms with E-state index < -0.39 is 5.97 Å². The van der Waals surface area contributed by atoms with E-state index in [-0.39, 0.29) is 5.92 Å². The van der Waals surface area contributed by atoms with Crippen molar-refractivity contribution in [3.8, 4) is 5.75 Å². The summed E-state index contributed by atoms with van der Waals surface area (Å²) < 4.78 is 5.69. The fraction of sp³-hybridized carbons (Fsp3) is 0.438. The molecule has 21 heavy (non-hydrogen) atoms. The van der Waals surface area contributed by atoms with Gasteiger partial charge in [-0.05, 0) is 49.6 Å². The molecule has 0 fully saturated rings. The van der Waals surface area contributed by atoms with Crippen molar-refractivity contribution in [2.45, 2.75) is 26.2 Å². The number of H-pyrrole nitrogens is 1. The fourth-order valence-corrected chi connectivity index (χ4v) is 2.43. The van der Waals surface area contributed by atoms with E-state index >= 15 is 0 Å². The van der Waals surface area contributed by atoms with Crippen molar-refractivity contribution in [2.75, 3.05) is 13.2 Å². The number of nitrogens with one attached hydrogen (secondary N) is 1. The molecule has 2 aromatic rings. The van der Waals surface area contributed by atoms with Crippen LogP contribution in [-0.2, 0) is 11.2 Å². The minimum atomic E-state index is -0.757. The second-order valence-corrected chi connectivity index (χ2v) is 5.14. The molecule has 0 aliphatic heterocycles. The number of hydrogen-bond acceptors (Lipinski definition) is 3. The lowest BCUT2D eigenvalue weighted by Crippen LogP contribution is -2.15. The van der Waals surface area contributed by atoms with Crippen molar-refractivity contribution in [1.29, 1.82) is 0 Å². The Bertz CT molecular complexity index is 607. The summed E-state index contributed by atoms with van der Waals surface area (Å²) in [4.78, 5) is 14.2. The summed E-state index contributed by atoms with van der Waals surface area (Å²) in [6.45, 7) is 2.89. The van der Waals surface area contributed by atoms with Gasteiger partial charge in [-0.2, -0.15) is 0 Å². The fourth-order valence-electron chi connectivity index (χ4n) is 2.43. The van der Waals surface area contributed by atoms with Crippen LogP contribution in [0.5, 0.6) is 5.75 Å². The van der Waals surface area contributed by atoms with Gasteiger partial charge in [0.1, 0.15) is 5.75 Å². The maximum absolute atomic E-state index is 11.0. The molecule has 0 aliphatic rings. The smallest absolute Gasteiger partial charge is 0.306 e. The molecule has 4 N–H and O–H groups in total. The molecule has 1 unspecified atom stereocenters. The van der Waals surface area contributed by atoms with Crippen LogP contribution >= 0.6 is 0 Å². The molecule has 0 saturated carbocycles. The molecule has 5 nitrogen and oxygen atoms in total. The molecule has 5 heteroatoms. The highest BCUT2D eigenvalue weighted by Crippen LogP contribution is 2.24. The summed E-state index contributed by atoms with van der Waals surface area (Å²) in [6, 6.07) is 5.85. The zero-order valence-electron chi connectivity index (χ0n) is 12.3. The summed E-state index contributed by atoms with van der Waals surface area (Å²) in [6.07, 6.45) is 3.93. The molecule has 114 valence electrons. The van der Waals surface area contributed by atoms with Crippen molar-refractivity contribution in [1.82, 2.24) is 4.98 Å². The van der Waals surface area contributed by atoms with Gasteiger partial charge < -0.3 is 20.6 Å². The number of aliphatic carboxylic acids is 1. The number of ether oxygens (including phenoxy) is 1. The number of fused-ring (bicyclic) bond motifs is 1. The largest absolute Gasteiger partial charge is 0.494 e. The molecule has 0 bridgehead atoms. The maximum atomic E-state index is 11.0. The van der Waals surface area contributed by atoms with E-state index in [2.05, 4.69) is 4.98 Å². The van der Waals surface area contributed by atoms with Crippen LogP contribution < -0.4 is 10.5 Å². The van der Waals surface area contributed by atoms with Gasteiger partial charge >= 0.3 is 5.97 Å². The highest BCUT2D eigenvalue weighted by Gasteiger charge is 2.14. The van der Waals surface area contributed by atoms with Crippen LogP contribution in [-0.4, -0.2) is 29.2 Å². The topological polar surface area (TPSA) is 88.3 Å². The van der Waals surface area contributed by atoms with E-state index in [1.807, 2.05) is 31.3 Å². The quantitative estimate of drug-likeness (QED) is 0.697. The monoisotopic (exact) mass is 290 g/mol. The molecule has 1 atom stereocenters. The molecule has 0 radical (unpaired) electrons. The Morgan fingerprint density at radius 3 is 2.95 bits per heavy atom. The van der Waals surface area contributed by atoms with Crippen LogP contribution in [0.4, 0.5) is 0 Å². The SMILES string of the molecule is CCC(CCOc1ccc2[nH]cc(CCN)c2c1)C(=O)O. The van der Waals surface area contributed by atoms with Crippen molar-refractivity contribution in [3.05, 3.63) is 30.0 Å². The van der Waals surface area contributed by atoms with Gasteiger partial charge in [-0.25, -0.2) is 0 Å². The molecule has 2 rings (SSSR count). The number of rotatable bonds is 8. The average molecular weight is 290 g/mol. The first-order valence-corrected chi connectivity index (χ1v) is 7.31. The van der Waals surface area contributed by atoms with Gasteiger partial charge in [0, 0.05) is 17.1 Å². The number of aromatic amines is 1. The molecule has 0 aliphatic carbocycles. The normalized spacial score (nSPS) is 12.5. The summed E-state index contributed by atoms with van der Waals surface area (Å²) in [5.74, 6) is -0.332. The van der Waals surface area contributed by atoms with Gasteiger partial charge in [0.2, 0.25) is 0 Å². The van der Waals surface area contributed by atoms with E-state index in [0.717, 1.165) is 23.1 Å². The van der Waals surface area contributed by atoms with Crippen LogP contribution in [0.1, 0.15) is 25.3 Å². The summed E-state index contributed by atoms with van der Waals surface area (Å²) in [7, 11) is 0. The Morgan fingerprint density at radius 2 is 2.29 bits per heavy atom. The highest BCUT2D eigenvalue weighted by molar-refractivity contribution is 5.84. The predicted octanol–water partition coefficient (Wildman–Crippen LogP) is 2.55. The Hall–Kier alpha value is -2.01. The first kappa shape index (κ1) is 15.4. The van der Waals surface area contributed by atoms with Crippen LogP contribution in [0, 0.1) is 5.92 Å². The van der Waals surface area contributed by atoms with Gasteiger partial charge in [-0.15, -0.1) is 0 Å². The third-order valence-electron chi connectivity index (χ3n) is 3.73. The van der Waals surface area contributed by atoms with E-state index in [1.165, 1.54) is 5.56 Å². The number of nitrogens with two attached hydrogens (primary N) is 1. The molecule has 1 heterocycles. The number of hydrogen-bond donors (Lipinski definition) is 3. The van der Waals surface area contributed by atoms with Crippen LogP contribution in [0.15, 0.2) is 24.4 Å². The lowest BCUT2D eigenvalue weighted by Gasteiger charge is -2.11. The Balaban J connectivity index is 2.02. The van der Waals surface area contributed by atoms with Gasteiger partial charge in [0.25, 0.3) is 0 Å². The minimum Gasteiger partial charge on any atom is -0.494 e. The Kier molecular flexibility index (Phi) is 5.22. The minimum absolute atomic E-state index is 0.339. The van der Waals surface area contributed by atoms with E-state index in [0.29, 0.717) is 26.0 Å². The summed E-state index contributed by atoms with van der Waals surface area (Å²) in [5.41, 5.74) is 7.84. The number of carboxylic acids is 1. The third kappa shape index (κ3) is 3.76. The second-order valence-electron chi connectivity index (χ2n) is 5.14. The van der Waals surface area contributed by atoms with E-state index in [9.17, 15) is 4.79 Å². The molecular weight excluding hydrogens is 268 g/mol. The number of carbonyl (C=O) groups is 1. The Morgan fingerprint density at radius 1 is 1.48 bits per heavy atom. The summed E-state index contributed by atoms with van der Waals surface area (Å²) in [5, 5.41) is 10.1. The number of benzene rings is 1. The van der Waals surface area contributed by atoms with Crippen molar-refractivity contribution in [2.24, 2.45) is 11.7 Å². The van der Waals surface area contributed by atoms with Crippen molar-refractivity contribution < 1.29 is 14.6 Å². The predicted molar refractivity (Wildman–Crippen MR) is 82.6 cm³/mol. The molecule has 0 amide bonds. The van der Waals surface area contributed by atoms with Gasteiger partial charge in [0.15, 0.2) is 0 Å². The van der Waals surface area contributed by atoms with Gasteiger partial charge in [0.05, 0.1) is 12.5 Å². The van der Waals surface area contributed by atoms with E-state index in [1.54, 1.807) is 0 Å². The number of carboxylic acid groups (broad SMARTS) is 1. The van der Waals surface area contributed by atoms with Crippen molar-refractivity contribution in [3.63, 3.8) is 0 Å². The van der Waals surface area contributed by atoms with Crippen molar-refractivity contribution >= 4 is 16.9 Å². The molecular formula is C16H22N2O3. The first-order chi connectivity index (χ1) is 10.2. The lowest BCUT2D eigenvalue weighted by molar-refractivity contribution is -0.142. The number of aromatic nitrogens is 1. The molecule has 1 aromatic carbocycles. The van der Waals surface area contributed by atoms with Crippen LogP contribution in [0.25, 0.3) is 10.9 Å². The highest BCUT2D eigenvalue weighted by atomic mass is 16.5. The van der Waals surface area contributed by atoms with Gasteiger partial charge in [-0.1, -0.05) is 6.92 Å². The first-order valence-electron chi connectivity index (χ1n) is 7.31. The second kappa shape index (κ2) is 7.13. The van der Waals surface area contributed by atoms with Gasteiger partial charge in [-0.3, -0.25) is 4.79 Å². The maximum Gasteiger partial charge on any atom is 0.306 e. The average Bonchev–Trinajstić information content (AvgIpc) is 2.86. The van der Waals surface area contributed by atoms with E-state index in [4.69, 9.17) is 15.6 Å². The molecule has 0 saturated heterocycles. The lowest BCUT2D eigenvalue weighted by atomic mass is 10.0. The zero-order chi connectivity index (χ0) is 15.2.